The van der Waals surface area contributed by atoms with E-state index in [4.69, 9.17) is 10.5 Å². The highest BCUT2D eigenvalue weighted by molar-refractivity contribution is 5.16. The number of hydrogen-bond acceptors (Lipinski definition) is 4. The van der Waals surface area contributed by atoms with Crippen LogP contribution in [0.1, 0.15) is 11.1 Å². The van der Waals surface area contributed by atoms with Gasteiger partial charge in [0.2, 0.25) is 0 Å². The molecule has 4 heteroatoms. The second-order valence-corrected chi connectivity index (χ2v) is 4.28. The minimum atomic E-state index is 0.0627. The van der Waals surface area contributed by atoms with Gasteiger partial charge in [-0.2, -0.15) is 0 Å². The highest BCUT2D eigenvalue weighted by Crippen LogP contribution is 2.04. The Bertz CT molecular complexity index is 317. The van der Waals surface area contributed by atoms with Crippen molar-refractivity contribution in [3.05, 3.63) is 29.6 Å². The number of rotatable bonds is 6. The van der Waals surface area contributed by atoms with E-state index in [9.17, 15) is 0 Å². The molecule has 16 heavy (non-hydrogen) atoms. The van der Waals surface area contributed by atoms with E-state index < -0.39 is 0 Å². The molecule has 0 saturated heterocycles. The molecule has 0 saturated carbocycles. The topological polar surface area (TPSA) is 51.4 Å². The van der Waals surface area contributed by atoms with Crippen molar-refractivity contribution in [2.45, 2.75) is 19.5 Å². The van der Waals surface area contributed by atoms with E-state index in [1.807, 2.05) is 19.3 Å². The monoisotopic (exact) mass is 223 g/mol. The second kappa shape index (κ2) is 6.58. The standard InChI is InChI=1S/C12H21N3O/c1-10-4-11(6-14-5-10)7-15(2)8-12(13)9-16-3/h4-6,12H,7-9,13H2,1-3H3. The second-order valence-electron chi connectivity index (χ2n) is 4.28. The lowest BCUT2D eigenvalue weighted by Gasteiger charge is -2.20. The van der Waals surface area contributed by atoms with Crippen LogP contribution in [0.25, 0.3) is 0 Å². The molecule has 0 spiro atoms. The van der Waals surface area contributed by atoms with Crippen LogP contribution >= 0.6 is 0 Å². The van der Waals surface area contributed by atoms with Crippen molar-refractivity contribution in [2.24, 2.45) is 5.73 Å². The number of likely N-dealkylation sites (N-methyl/N-ethyl adjacent to an activating group) is 1. The highest BCUT2D eigenvalue weighted by atomic mass is 16.5. The first-order valence-electron chi connectivity index (χ1n) is 5.45. The third-order valence-electron chi connectivity index (χ3n) is 2.31. The minimum absolute atomic E-state index is 0.0627. The fraction of sp³-hybridized carbons (Fsp3) is 0.583. The number of ether oxygens (including phenoxy) is 1. The Hall–Kier alpha value is -0.970. The van der Waals surface area contributed by atoms with Crippen LogP contribution in [-0.2, 0) is 11.3 Å². The number of nitrogens with two attached hydrogens (primary N) is 1. The molecule has 1 unspecified atom stereocenters. The lowest BCUT2D eigenvalue weighted by Crippen LogP contribution is -2.38. The van der Waals surface area contributed by atoms with Gasteiger partial charge in [-0.05, 0) is 25.1 Å². The molecule has 1 atom stereocenters. The van der Waals surface area contributed by atoms with Crippen LogP contribution in [0.15, 0.2) is 18.5 Å². The van der Waals surface area contributed by atoms with Crippen LogP contribution < -0.4 is 5.73 Å². The molecule has 2 N–H and O–H groups in total. The van der Waals surface area contributed by atoms with Gasteiger partial charge in [0, 0.05) is 38.6 Å². The van der Waals surface area contributed by atoms with E-state index in [0.29, 0.717) is 6.61 Å². The third kappa shape index (κ3) is 4.70. The van der Waals surface area contributed by atoms with Crippen LogP contribution in [0.5, 0.6) is 0 Å². The first-order valence-corrected chi connectivity index (χ1v) is 5.45. The van der Waals surface area contributed by atoms with Crippen LogP contribution in [0, 0.1) is 6.92 Å². The van der Waals surface area contributed by atoms with Gasteiger partial charge in [0.05, 0.1) is 6.61 Å². The van der Waals surface area contributed by atoms with Gasteiger partial charge >= 0.3 is 0 Å². The van der Waals surface area contributed by atoms with Gasteiger partial charge < -0.3 is 15.4 Å². The van der Waals surface area contributed by atoms with E-state index in [2.05, 4.69) is 23.0 Å². The summed E-state index contributed by atoms with van der Waals surface area (Å²) in [6, 6.07) is 2.21. The summed E-state index contributed by atoms with van der Waals surface area (Å²) in [6.07, 6.45) is 3.76. The zero-order chi connectivity index (χ0) is 12.0. The van der Waals surface area contributed by atoms with Crippen molar-refractivity contribution in [3.63, 3.8) is 0 Å². The summed E-state index contributed by atoms with van der Waals surface area (Å²) in [5.74, 6) is 0. The first kappa shape index (κ1) is 13.1. The van der Waals surface area contributed by atoms with Gasteiger partial charge in [-0.1, -0.05) is 6.07 Å². The van der Waals surface area contributed by atoms with Gasteiger partial charge in [-0.25, -0.2) is 0 Å². The van der Waals surface area contributed by atoms with E-state index in [1.54, 1.807) is 7.11 Å². The molecule has 0 aliphatic heterocycles. The van der Waals surface area contributed by atoms with Gasteiger partial charge in [0.25, 0.3) is 0 Å². The van der Waals surface area contributed by atoms with Crippen LogP contribution in [0.2, 0.25) is 0 Å². The first-order chi connectivity index (χ1) is 7.61. The van der Waals surface area contributed by atoms with E-state index in [1.165, 1.54) is 11.1 Å². The quantitative estimate of drug-likeness (QED) is 0.775. The fourth-order valence-corrected chi connectivity index (χ4v) is 1.75. The third-order valence-corrected chi connectivity index (χ3v) is 2.31. The molecule has 1 rings (SSSR count). The van der Waals surface area contributed by atoms with Crippen molar-refractivity contribution in [3.8, 4) is 0 Å². The highest BCUT2D eigenvalue weighted by Gasteiger charge is 2.07. The van der Waals surface area contributed by atoms with Crippen LogP contribution in [0.3, 0.4) is 0 Å². The molecule has 0 fully saturated rings. The zero-order valence-corrected chi connectivity index (χ0v) is 10.3. The summed E-state index contributed by atoms with van der Waals surface area (Å²) in [5.41, 5.74) is 8.29. The summed E-state index contributed by atoms with van der Waals surface area (Å²) in [6.45, 7) is 4.33. The Labute approximate surface area is 97.4 Å². The molecule has 0 radical (unpaired) electrons. The smallest absolute Gasteiger partial charge is 0.0626 e. The molecule has 0 aliphatic rings. The molecular weight excluding hydrogens is 202 g/mol. The van der Waals surface area contributed by atoms with Crippen molar-refractivity contribution in [2.75, 3.05) is 27.3 Å². The van der Waals surface area contributed by atoms with Gasteiger partial charge in [0.1, 0.15) is 0 Å². The van der Waals surface area contributed by atoms with Crippen LogP contribution in [-0.4, -0.2) is 43.2 Å². The molecular formula is C12H21N3O. The molecule has 1 aromatic heterocycles. The maximum atomic E-state index is 5.89. The van der Waals surface area contributed by atoms with E-state index in [0.717, 1.165) is 13.1 Å². The Kier molecular flexibility index (Phi) is 5.38. The number of nitrogens with zero attached hydrogens (tertiary/aromatic N) is 2. The minimum Gasteiger partial charge on any atom is -0.383 e. The predicted octanol–water partition coefficient (Wildman–Crippen LogP) is 0.796. The average Bonchev–Trinajstić information content (AvgIpc) is 2.17. The van der Waals surface area contributed by atoms with E-state index >= 15 is 0 Å². The zero-order valence-electron chi connectivity index (χ0n) is 10.3. The number of aryl methyl sites for hydroxylation is 1. The SMILES string of the molecule is COCC(N)CN(C)Cc1cncc(C)c1. The molecule has 0 bridgehead atoms. The van der Waals surface area contributed by atoms with Gasteiger partial charge in [0.15, 0.2) is 0 Å². The number of methoxy groups -OCH3 is 1. The Balaban J connectivity index is 2.42. The predicted molar refractivity (Wildman–Crippen MR) is 65.2 cm³/mol. The molecule has 0 amide bonds. The summed E-state index contributed by atoms with van der Waals surface area (Å²) < 4.78 is 5.01. The summed E-state index contributed by atoms with van der Waals surface area (Å²) in [5, 5.41) is 0. The van der Waals surface area contributed by atoms with Crippen LogP contribution in [0.4, 0.5) is 0 Å². The summed E-state index contributed by atoms with van der Waals surface area (Å²) >= 11 is 0. The van der Waals surface area contributed by atoms with Crippen molar-refractivity contribution >= 4 is 0 Å². The number of hydrogen-bond donors (Lipinski definition) is 1. The van der Waals surface area contributed by atoms with Gasteiger partial charge in [-0.15, -0.1) is 0 Å². The molecule has 1 aromatic rings. The maximum absolute atomic E-state index is 5.89. The Morgan fingerprint density at radius 2 is 2.25 bits per heavy atom. The molecule has 4 nitrogen and oxygen atoms in total. The molecule has 90 valence electrons. The summed E-state index contributed by atoms with van der Waals surface area (Å²) in [4.78, 5) is 6.35. The Morgan fingerprint density at radius 1 is 1.50 bits per heavy atom. The summed E-state index contributed by atoms with van der Waals surface area (Å²) in [7, 11) is 3.72. The van der Waals surface area contributed by atoms with Crippen molar-refractivity contribution in [1.82, 2.24) is 9.88 Å². The lowest BCUT2D eigenvalue weighted by atomic mass is 10.2. The maximum Gasteiger partial charge on any atom is 0.0626 e. The van der Waals surface area contributed by atoms with Gasteiger partial charge in [-0.3, -0.25) is 4.98 Å². The lowest BCUT2D eigenvalue weighted by molar-refractivity contribution is 0.160. The van der Waals surface area contributed by atoms with Crippen molar-refractivity contribution < 1.29 is 4.74 Å². The molecule has 0 aromatic carbocycles. The normalized spacial score (nSPS) is 13.1. The Morgan fingerprint density at radius 3 is 2.88 bits per heavy atom. The molecule has 1 heterocycles. The number of aromatic nitrogens is 1. The number of pyridine rings is 1. The van der Waals surface area contributed by atoms with E-state index in [-0.39, 0.29) is 6.04 Å². The van der Waals surface area contributed by atoms with Crippen molar-refractivity contribution in [1.29, 1.82) is 0 Å². The molecule has 0 aliphatic carbocycles. The fourth-order valence-electron chi connectivity index (χ4n) is 1.75. The average molecular weight is 223 g/mol. The largest absolute Gasteiger partial charge is 0.383 e.